The van der Waals surface area contributed by atoms with Crippen LogP contribution >= 0.6 is 12.0 Å². The molecule has 0 saturated carbocycles. The molecule has 0 unspecified atom stereocenters. The van der Waals surface area contributed by atoms with Gasteiger partial charge in [0.15, 0.2) is 11.6 Å². The minimum Gasteiger partial charge on any atom is -0.457 e. The highest BCUT2D eigenvalue weighted by molar-refractivity contribution is 7.93. The standard InChI is InChI=1S/C26H18F3NO3S/c27-18-3-1-2-17(13-18)22-10-6-19(14-25(22)33-20-7-11-23(28)24(29)15-20)30-26(31)12-16-4-8-21(34-32)9-5-16/h1-11,13-15,32H,12H2,(H,30,31). The van der Waals surface area contributed by atoms with Gasteiger partial charge >= 0.3 is 0 Å². The summed E-state index contributed by atoms with van der Waals surface area (Å²) in [6, 6.07) is 20.7. The van der Waals surface area contributed by atoms with Crippen LogP contribution in [0.2, 0.25) is 0 Å². The molecule has 0 aliphatic heterocycles. The van der Waals surface area contributed by atoms with Crippen LogP contribution in [-0.2, 0) is 11.2 Å². The zero-order chi connectivity index (χ0) is 24.1. The first-order chi connectivity index (χ1) is 16.4. The van der Waals surface area contributed by atoms with E-state index in [9.17, 15) is 18.0 Å². The molecule has 172 valence electrons. The summed E-state index contributed by atoms with van der Waals surface area (Å²) in [4.78, 5) is 13.2. The van der Waals surface area contributed by atoms with E-state index in [0.717, 1.165) is 17.7 Å². The second kappa shape index (κ2) is 10.5. The summed E-state index contributed by atoms with van der Waals surface area (Å²) in [5, 5.41) is 2.77. The molecule has 34 heavy (non-hydrogen) atoms. The van der Waals surface area contributed by atoms with Crippen molar-refractivity contribution in [3.8, 4) is 22.6 Å². The molecule has 0 saturated heterocycles. The van der Waals surface area contributed by atoms with Gasteiger partial charge in [-0.15, -0.1) is 0 Å². The Morgan fingerprint density at radius 3 is 2.38 bits per heavy atom. The lowest BCUT2D eigenvalue weighted by Gasteiger charge is -2.14. The van der Waals surface area contributed by atoms with Crippen LogP contribution in [0.1, 0.15) is 5.56 Å². The minimum absolute atomic E-state index is 0.0434. The molecule has 0 aliphatic carbocycles. The first kappa shape index (κ1) is 23.4. The second-order valence-electron chi connectivity index (χ2n) is 7.36. The number of rotatable bonds is 7. The van der Waals surface area contributed by atoms with Gasteiger partial charge in [-0.25, -0.2) is 13.2 Å². The number of carbonyl (C=O) groups excluding carboxylic acids is 1. The predicted molar refractivity (Wildman–Crippen MR) is 126 cm³/mol. The van der Waals surface area contributed by atoms with Crippen molar-refractivity contribution in [2.45, 2.75) is 11.3 Å². The van der Waals surface area contributed by atoms with Gasteiger partial charge in [0.2, 0.25) is 5.91 Å². The molecule has 4 rings (SSSR count). The lowest BCUT2D eigenvalue weighted by atomic mass is 10.0. The summed E-state index contributed by atoms with van der Waals surface area (Å²) in [5.74, 6) is -2.55. The highest BCUT2D eigenvalue weighted by Crippen LogP contribution is 2.36. The molecular weight excluding hydrogens is 463 g/mol. The van der Waals surface area contributed by atoms with Crippen molar-refractivity contribution in [3.05, 3.63) is 108 Å². The van der Waals surface area contributed by atoms with E-state index in [1.54, 1.807) is 48.5 Å². The summed E-state index contributed by atoms with van der Waals surface area (Å²) in [5.41, 5.74) is 2.17. The zero-order valence-corrected chi connectivity index (χ0v) is 18.4. The van der Waals surface area contributed by atoms with Crippen LogP contribution in [0.3, 0.4) is 0 Å². The third kappa shape index (κ3) is 5.78. The van der Waals surface area contributed by atoms with Crippen LogP contribution < -0.4 is 10.1 Å². The van der Waals surface area contributed by atoms with Crippen LogP contribution in [0, 0.1) is 17.5 Å². The van der Waals surface area contributed by atoms with Crippen molar-refractivity contribution in [1.29, 1.82) is 0 Å². The Bertz CT molecular complexity index is 1330. The van der Waals surface area contributed by atoms with E-state index in [1.807, 2.05) is 0 Å². The molecule has 0 bridgehead atoms. The van der Waals surface area contributed by atoms with Gasteiger partial charge < -0.3 is 14.6 Å². The summed E-state index contributed by atoms with van der Waals surface area (Å²) < 4.78 is 55.7. The first-order valence-corrected chi connectivity index (χ1v) is 10.9. The number of anilines is 1. The summed E-state index contributed by atoms with van der Waals surface area (Å²) in [6.07, 6.45) is 0.0986. The molecule has 0 atom stereocenters. The monoisotopic (exact) mass is 481 g/mol. The molecule has 8 heteroatoms. The molecule has 0 heterocycles. The normalized spacial score (nSPS) is 10.7. The number of halogens is 3. The summed E-state index contributed by atoms with van der Waals surface area (Å²) in [6.45, 7) is 0. The lowest BCUT2D eigenvalue weighted by molar-refractivity contribution is -0.115. The van der Waals surface area contributed by atoms with E-state index in [4.69, 9.17) is 9.29 Å². The number of carbonyl (C=O) groups is 1. The maximum atomic E-state index is 13.8. The molecule has 0 aromatic heterocycles. The Kier molecular flexibility index (Phi) is 7.20. The molecule has 0 spiro atoms. The van der Waals surface area contributed by atoms with Gasteiger partial charge in [-0.2, -0.15) is 0 Å². The van der Waals surface area contributed by atoms with Gasteiger partial charge in [0.05, 0.1) is 6.42 Å². The van der Waals surface area contributed by atoms with E-state index in [0.29, 0.717) is 33.8 Å². The van der Waals surface area contributed by atoms with Gasteiger partial charge in [0, 0.05) is 40.3 Å². The van der Waals surface area contributed by atoms with Gasteiger partial charge in [-0.05, 0) is 59.7 Å². The van der Waals surface area contributed by atoms with Crippen molar-refractivity contribution in [1.82, 2.24) is 0 Å². The Morgan fingerprint density at radius 1 is 0.882 bits per heavy atom. The van der Waals surface area contributed by atoms with Crippen molar-refractivity contribution < 1.29 is 27.3 Å². The van der Waals surface area contributed by atoms with Gasteiger partial charge in [-0.3, -0.25) is 4.79 Å². The third-order valence-electron chi connectivity index (χ3n) is 4.91. The van der Waals surface area contributed by atoms with Crippen LogP contribution in [0.5, 0.6) is 11.5 Å². The SMILES string of the molecule is O=C(Cc1ccc(SO)cc1)Nc1ccc(-c2cccc(F)c2)c(Oc2ccc(F)c(F)c2)c1. The Hall–Kier alpha value is -3.75. The summed E-state index contributed by atoms with van der Waals surface area (Å²) >= 11 is 0.621. The van der Waals surface area contributed by atoms with Gasteiger partial charge in [-0.1, -0.05) is 24.3 Å². The van der Waals surface area contributed by atoms with Crippen molar-refractivity contribution >= 4 is 23.6 Å². The number of hydrogen-bond donors (Lipinski definition) is 2. The average molecular weight is 481 g/mol. The highest BCUT2D eigenvalue weighted by Gasteiger charge is 2.13. The molecule has 0 radical (unpaired) electrons. The quantitative estimate of drug-likeness (QED) is 0.272. The maximum absolute atomic E-state index is 13.8. The number of ether oxygens (including phenoxy) is 1. The summed E-state index contributed by atoms with van der Waals surface area (Å²) in [7, 11) is 0. The van der Waals surface area contributed by atoms with Crippen molar-refractivity contribution in [3.63, 3.8) is 0 Å². The Morgan fingerprint density at radius 2 is 1.68 bits per heavy atom. The van der Waals surface area contributed by atoms with Gasteiger partial charge in [0.25, 0.3) is 0 Å². The predicted octanol–water partition coefficient (Wildman–Crippen LogP) is 7.31. The number of benzene rings is 4. The molecule has 0 aliphatic rings. The van der Waals surface area contributed by atoms with E-state index >= 15 is 0 Å². The smallest absolute Gasteiger partial charge is 0.228 e. The molecule has 1 amide bonds. The fraction of sp³-hybridized carbons (Fsp3) is 0.0385. The fourth-order valence-electron chi connectivity index (χ4n) is 3.31. The van der Waals surface area contributed by atoms with Crippen molar-refractivity contribution in [2.24, 2.45) is 0 Å². The Balaban J connectivity index is 1.61. The van der Waals surface area contributed by atoms with Crippen molar-refractivity contribution in [2.75, 3.05) is 5.32 Å². The number of nitrogens with one attached hydrogen (secondary N) is 1. The largest absolute Gasteiger partial charge is 0.457 e. The molecule has 0 fully saturated rings. The highest BCUT2D eigenvalue weighted by atomic mass is 32.2. The van der Waals surface area contributed by atoms with Gasteiger partial charge in [0.1, 0.15) is 17.3 Å². The molecule has 2 N–H and O–H groups in total. The topological polar surface area (TPSA) is 58.6 Å². The Labute approximate surface area is 198 Å². The van der Waals surface area contributed by atoms with Crippen LogP contribution in [-0.4, -0.2) is 10.5 Å². The van der Waals surface area contributed by atoms with E-state index < -0.39 is 17.5 Å². The second-order valence-corrected chi connectivity index (χ2v) is 8.01. The number of amides is 1. The van der Waals surface area contributed by atoms with Crippen LogP contribution in [0.25, 0.3) is 11.1 Å². The molecule has 4 nitrogen and oxygen atoms in total. The molecular formula is C26H18F3NO3S. The minimum atomic E-state index is -1.07. The van der Waals surface area contributed by atoms with Crippen LogP contribution in [0.15, 0.2) is 89.8 Å². The average Bonchev–Trinajstić information content (AvgIpc) is 2.82. The fourth-order valence-corrected chi connectivity index (χ4v) is 3.56. The van der Waals surface area contributed by atoms with E-state index in [2.05, 4.69) is 5.32 Å². The molecule has 4 aromatic carbocycles. The maximum Gasteiger partial charge on any atom is 0.228 e. The zero-order valence-electron chi connectivity index (χ0n) is 17.6. The lowest BCUT2D eigenvalue weighted by Crippen LogP contribution is -2.14. The first-order valence-electron chi connectivity index (χ1n) is 10.1. The third-order valence-corrected chi connectivity index (χ3v) is 5.40. The van der Waals surface area contributed by atoms with E-state index in [1.165, 1.54) is 24.3 Å². The van der Waals surface area contributed by atoms with E-state index in [-0.39, 0.29) is 23.8 Å². The van der Waals surface area contributed by atoms with Crippen LogP contribution in [0.4, 0.5) is 18.9 Å². The molecule has 4 aromatic rings. The number of hydrogen-bond acceptors (Lipinski definition) is 4.